The van der Waals surface area contributed by atoms with Crippen LogP contribution in [0.3, 0.4) is 0 Å². The molecule has 0 aromatic heterocycles. The maximum Gasteiger partial charge on any atom is 0.489 e. The van der Waals surface area contributed by atoms with E-state index in [1.165, 1.54) is 44.5 Å². The fourth-order valence-electron chi connectivity index (χ4n) is 7.42. The highest BCUT2D eigenvalue weighted by molar-refractivity contribution is 6.60. The largest absolute Gasteiger partial charge is 0.489 e. The molecule has 0 aliphatic heterocycles. The Balaban J connectivity index is 1.89. The van der Waals surface area contributed by atoms with Crippen molar-refractivity contribution in [2.45, 2.75) is 110 Å². The Kier molecular flexibility index (Phi) is 6.62. The van der Waals surface area contributed by atoms with Crippen molar-refractivity contribution in [2.24, 2.45) is 0 Å². The number of rotatable bonds is 1. The second kappa shape index (κ2) is 9.44. The highest BCUT2D eigenvalue weighted by atomic mass is 16.4. The molecule has 0 saturated carbocycles. The normalized spacial score (nSPS) is 15.2. The minimum Gasteiger partial charge on any atom is -0.423 e. The van der Waals surface area contributed by atoms with Gasteiger partial charge in [-0.15, -0.1) is 0 Å². The van der Waals surface area contributed by atoms with E-state index in [0.29, 0.717) is 5.46 Å². The summed E-state index contributed by atoms with van der Waals surface area (Å²) in [6, 6.07) is 25.5. The average molecular weight is 585 g/mol. The van der Waals surface area contributed by atoms with E-state index in [-0.39, 0.29) is 21.7 Å². The van der Waals surface area contributed by atoms with Gasteiger partial charge in [0.15, 0.2) is 0 Å². The Hall–Kier alpha value is -3.14. The van der Waals surface area contributed by atoms with Crippen molar-refractivity contribution in [3.8, 4) is 22.3 Å². The monoisotopic (exact) mass is 584 g/mol. The predicted octanol–water partition coefficient (Wildman–Crippen LogP) is 8.90. The Morgan fingerprint density at radius 3 is 1.14 bits per heavy atom. The third-order valence-corrected chi connectivity index (χ3v) is 10.1. The van der Waals surface area contributed by atoms with E-state index in [1.54, 1.807) is 0 Å². The summed E-state index contributed by atoms with van der Waals surface area (Å²) in [5.41, 5.74) is 14.3. The van der Waals surface area contributed by atoms with E-state index >= 15 is 0 Å². The highest BCUT2D eigenvalue weighted by Gasteiger charge is 2.54. The summed E-state index contributed by atoms with van der Waals surface area (Å²) in [6.45, 7) is 27.2. The topological polar surface area (TPSA) is 40.5 Å². The van der Waals surface area contributed by atoms with Crippen LogP contribution in [0.1, 0.15) is 128 Å². The van der Waals surface area contributed by atoms with Crippen LogP contribution in [0.25, 0.3) is 22.3 Å². The molecule has 0 fully saturated rings. The summed E-state index contributed by atoms with van der Waals surface area (Å²) in [6.07, 6.45) is 0. The van der Waals surface area contributed by atoms with Gasteiger partial charge >= 0.3 is 7.12 Å². The first-order valence-corrected chi connectivity index (χ1v) is 16.2. The lowest BCUT2D eigenvalue weighted by atomic mass is 9.65. The summed E-state index contributed by atoms with van der Waals surface area (Å²) in [5.74, 6) is 0. The van der Waals surface area contributed by atoms with Crippen LogP contribution in [0.4, 0.5) is 0 Å². The predicted molar refractivity (Wildman–Crippen MR) is 187 cm³/mol. The second-order valence-electron chi connectivity index (χ2n) is 17.4. The Labute approximate surface area is 265 Å². The Morgan fingerprint density at radius 1 is 0.432 bits per heavy atom. The van der Waals surface area contributed by atoms with Gasteiger partial charge in [0.25, 0.3) is 0 Å². The van der Waals surface area contributed by atoms with Gasteiger partial charge in [0, 0.05) is 0 Å². The fourth-order valence-corrected chi connectivity index (χ4v) is 7.42. The zero-order valence-electron chi connectivity index (χ0n) is 28.8. The van der Waals surface area contributed by atoms with Crippen LogP contribution < -0.4 is 5.46 Å². The number of hydrogen-bond acceptors (Lipinski definition) is 2. The van der Waals surface area contributed by atoms with Crippen LogP contribution >= 0.6 is 0 Å². The molecule has 3 heteroatoms. The van der Waals surface area contributed by atoms with Crippen molar-refractivity contribution in [1.82, 2.24) is 0 Å². The van der Waals surface area contributed by atoms with E-state index in [2.05, 4.69) is 144 Å². The zero-order valence-corrected chi connectivity index (χ0v) is 28.8. The molecule has 6 rings (SSSR count). The molecule has 0 saturated heterocycles. The SMILES string of the molecule is CC(C)(C)c1ccc2c(c1)C1(c3cc(C(C)(C)C)ccc3-2)c2cc(C(C)(C)C)ccc2-c2c(B(O)O)cc(C(C)(C)C)cc21. The average Bonchev–Trinajstić information content (AvgIpc) is 3.36. The van der Waals surface area contributed by atoms with E-state index in [0.717, 1.165) is 22.3 Å². The van der Waals surface area contributed by atoms with Gasteiger partial charge in [-0.1, -0.05) is 150 Å². The van der Waals surface area contributed by atoms with E-state index in [1.807, 2.05) is 6.07 Å². The molecule has 2 N–H and O–H groups in total. The van der Waals surface area contributed by atoms with Crippen LogP contribution in [0.2, 0.25) is 0 Å². The summed E-state index contributed by atoms with van der Waals surface area (Å²) in [5, 5.41) is 21.9. The van der Waals surface area contributed by atoms with Gasteiger partial charge in [-0.25, -0.2) is 0 Å². The van der Waals surface area contributed by atoms with Crippen LogP contribution in [-0.4, -0.2) is 17.2 Å². The smallest absolute Gasteiger partial charge is 0.423 e. The van der Waals surface area contributed by atoms with Crippen LogP contribution in [-0.2, 0) is 27.1 Å². The first-order chi connectivity index (χ1) is 20.2. The standard InChI is InChI=1S/C41H49BO2/c1-37(2,3)24-13-16-28-29-17-14-25(38(4,5)6)20-32(29)41(31(28)19-24)33-21-26(39(7,8)9)15-18-30(33)36-34(41)22-27(40(10,11)12)23-35(36)42(43)44/h13-23,43-44H,1-12H3. The Morgan fingerprint density at radius 2 is 0.773 bits per heavy atom. The third-order valence-electron chi connectivity index (χ3n) is 10.1. The molecule has 4 aromatic carbocycles. The molecule has 0 amide bonds. The molecule has 1 spiro atoms. The quantitative estimate of drug-likeness (QED) is 0.190. The fraction of sp³-hybridized carbons (Fsp3) is 0.415. The first-order valence-electron chi connectivity index (χ1n) is 16.2. The summed E-state index contributed by atoms with van der Waals surface area (Å²) in [4.78, 5) is 0. The van der Waals surface area contributed by atoms with Crippen molar-refractivity contribution in [2.75, 3.05) is 0 Å². The lowest BCUT2D eigenvalue weighted by Crippen LogP contribution is -2.35. The molecule has 0 unspecified atom stereocenters. The van der Waals surface area contributed by atoms with Crippen LogP contribution in [0, 0.1) is 0 Å². The molecule has 2 nitrogen and oxygen atoms in total. The molecule has 4 aromatic rings. The van der Waals surface area contributed by atoms with Crippen molar-refractivity contribution >= 4 is 12.6 Å². The molecule has 2 aliphatic rings. The van der Waals surface area contributed by atoms with Gasteiger partial charge in [-0.3, -0.25) is 0 Å². The van der Waals surface area contributed by atoms with Gasteiger partial charge in [0.1, 0.15) is 0 Å². The van der Waals surface area contributed by atoms with E-state index in [9.17, 15) is 10.0 Å². The first kappa shape index (κ1) is 30.9. The van der Waals surface area contributed by atoms with Gasteiger partial charge < -0.3 is 10.0 Å². The van der Waals surface area contributed by atoms with Crippen molar-refractivity contribution in [1.29, 1.82) is 0 Å². The summed E-state index contributed by atoms with van der Waals surface area (Å²) in [7, 11) is -1.58. The minimum absolute atomic E-state index is 0.0290. The minimum atomic E-state index is -1.58. The number of hydrogen-bond donors (Lipinski definition) is 2. The molecule has 0 radical (unpaired) electrons. The summed E-state index contributed by atoms with van der Waals surface area (Å²) >= 11 is 0. The van der Waals surface area contributed by atoms with Gasteiger partial charge in [-0.05, 0) is 93.9 Å². The molecule has 0 heterocycles. The number of fused-ring (bicyclic) bond motifs is 10. The lowest BCUT2D eigenvalue weighted by Gasteiger charge is -2.34. The van der Waals surface area contributed by atoms with Crippen molar-refractivity contribution in [3.63, 3.8) is 0 Å². The van der Waals surface area contributed by atoms with Crippen molar-refractivity contribution in [3.05, 3.63) is 111 Å². The molecule has 0 bridgehead atoms. The molecule has 2 aliphatic carbocycles. The zero-order chi connectivity index (χ0) is 32.4. The molecular weight excluding hydrogens is 535 g/mol. The van der Waals surface area contributed by atoms with E-state index in [4.69, 9.17) is 0 Å². The molecule has 228 valence electrons. The molecule has 0 atom stereocenters. The maximum absolute atomic E-state index is 11.0. The van der Waals surface area contributed by atoms with Crippen LogP contribution in [0.5, 0.6) is 0 Å². The van der Waals surface area contributed by atoms with E-state index < -0.39 is 12.5 Å². The number of benzene rings is 4. The second-order valence-corrected chi connectivity index (χ2v) is 17.4. The Bertz CT molecular complexity index is 1750. The summed E-state index contributed by atoms with van der Waals surface area (Å²) < 4.78 is 0. The highest BCUT2D eigenvalue weighted by Crippen LogP contribution is 2.64. The van der Waals surface area contributed by atoms with Gasteiger partial charge in [-0.2, -0.15) is 0 Å². The molecule has 44 heavy (non-hydrogen) atoms. The van der Waals surface area contributed by atoms with Crippen LogP contribution in [0.15, 0.2) is 66.7 Å². The van der Waals surface area contributed by atoms with Gasteiger partial charge in [0.2, 0.25) is 0 Å². The third kappa shape index (κ3) is 4.45. The van der Waals surface area contributed by atoms with Crippen molar-refractivity contribution < 1.29 is 10.0 Å². The van der Waals surface area contributed by atoms with Gasteiger partial charge in [0.05, 0.1) is 5.41 Å². The maximum atomic E-state index is 11.0. The lowest BCUT2D eigenvalue weighted by molar-refractivity contribution is 0.425. The molecular formula is C41H49BO2.